The van der Waals surface area contributed by atoms with Crippen molar-refractivity contribution < 1.29 is 0 Å². The number of allylic oxidation sites excluding steroid dienone is 4. The van der Waals surface area contributed by atoms with E-state index in [9.17, 15) is 0 Å². The van der Waals surface area contributed by atoms with Crippen LogP contribution in [0.25, 0.3) is 0 Å². The van der Waals surface area contributed by atoms with Crippen molar-refractivity contribution in [2.45, 2.75) is 47.0 Å². The molecule has 0 saturated heterocycles. The molecule has 76 valence electrons. The van der Waals surface area contributed by atoms with Crippen LogP contribution in [0.4, 0.5) is 0 Å². The zero-order valence-electron chi connectivity index (χ0n) is 9.59. The Morgan fingerprint density at radius 2 is 1.54 bits per heavy atom. The van der Waals surface area contributed by atoms with Crippen LogP contribution in [-0.4, -0.2) is 0 Å². The van der Waals surface area contributed by atoms with Gasteiger partial charge in [-0.05, 0) is 31.1 Å². The third-order valence-electron chi connectivity index (χ3n) is 2.39. The zero-order chi connectivity index (χ0) is 10.1. The first-order valence-corrected chi connectivity index (χ1v) is 5.50. The number of hydrogen-bond donors (Lipinski definition) is 0. The van der Waals surface area contributed by atoms with E-state index in [0.717, 1.165) is 18.3 Å². The molecule has 0 spiro atoms. The van der Waals surface area contributed by atoms with Gasteiger partial charge in [0.2, 0.25) is 0 Å². The fraction of sp³-hybridized carbons (Fsp3) is 0.692. The summed E-state index contributed by atoms with van der Waals surface area (Å²) in [6.45, 7) is 8.99. The zero-order valence-corrected chi connectivity index (χ0v) is 9.59. The van der Waals surface area contributed by atoms with Gasteiger partial charge >= 0.3 is 0 Å². The Bertz CT molecular complexity index is 151. The Morgan fingerprint density at radius 3 is 2.08 bits per heavy atom. The average molecular weight is 180 g/mol. The van der Waals surface area contributed by atoms with E-state index in [2.05, 4.69) is 52.0 Å². The molecule has 0 aromatic heterocycles. The summed E-state index contributed by atoms with van der Waals surface area (Å²) in [7, 11) is 0. The summed E-state index contributed by atoms with van der Waals surface area (Å²) < 4.78 is 0. The first-order chi connectivity index (χ1) is 6.18. The van der Waals surface area contributed by atoms with Crippen LogP contribution in [-0.2, 0) is 0 Å². The molecule has 1 unspecified atom stereocenters. The van der Waals surface area contributed by atoms with Crippen molar-refractivity contribution in [2.75, 3.05) is 0 Å². The standard InChI is InChI=1S/C13H24/c1-5-6-7-8-9-10-11-13(4)12(2)3/h6-7,10-13H,5,8-9H2,1-4H3. The van der Waals surface area contributed by atoms with Crippen molar-refractivity contribution in [1.82, 2.24) is 0 Å². The lowest BCUT2D eigenvalue weighted by Crippen LogP contribution is -1.98. The van der Waals surface area contributed by atoms with E-state index < -0.39 is 0 Å². The normalized spacial score (nSPS) is 14.8. The van der Waals surface area contributed by atoms with E-state index >= 15 is 0 Å². The Labute approximate surface area is 83.7 Å². The van der Waals surface area contributed by atoms with Crippen LogP contribution in [0.3, 0.4) is 0 Å². The monoisotopic (exact) mass is 180 g/mol. The molecule has 0 aromatic carbocycles. The number of unbranched alkanes of at least 4 members (excludes halogenated alkanes) is 1. The highest BCUT2D eigenvalue weighted by Crippen LogP contribution is 2.11. The van der Waals surface area contributed by atoms with Crippen LogP contribution in [0.5, 0.6) is 0 Å². The van der Waals surface area contributed by atoms with Crippen LogP contribution in [0.1, 0.15) is 47.0 Å². The van der Waals surface area contributed by atoms with Crippen molar-refractivity contribution in [3.05, 3.63) is 24.3 Å². The van der Waals surface area contributed by atoms with Crippen molar-refractivity contribution in [3.63, 3.8) is 0 Å². The van der Waals surface area contributed by atoms with Gasteiger partial charge in [-0.25, -0.2) is 0 Å². The topological polar surface area (TPSA) is 0 Å². The summed E-state index contributed by atoms with van der Waals surface area (Å²) in [5.41, 5.74) is 0. The van der Waals surface area contributed by atoms with Crippen LogP contribution in [0.15, 0.2) is 24.3 Å². The summed E-state index contributed by atoms with van der Waals surface area (Å²) in [6, 6.07) is 0. The van der Waals surface area contributed by atoms with E-state index in [0.29, 0.717) is 0 Å². The molecule has 0 radical (unpaired) electrons. The minimum atomic E-state index is 0.718. The van der Waals surface area contributed by atoms with Crippen LogP contribution in [0.2, 0.25) is 0 Å². The Kier molecular flexibility index (Phi) is 7.77. The minimum absolute atomic E-state index is 0.718. The van der Waals surface area contributed by atoms with Gasteiger partial charge in [-0.3, -0.25) is 0 Å². The molecular formula is C13H24. The predicted octanol–water partition coefficient (Wildman–Crippen LogP) is 4.58. The molecule has 0 N–H and O–H groups in total. The largest absolute Gasteiger partial charge is 0.0888 e. The summed E-state index contributed by atoms with van der Waals surface area (Å²) in [5, 5.41) is 0. The van der Waals surface area contributed by atoms with Gasteiger partial charge in [0.05, 0.1) is 0 Å². The van der Waals surface area contributed by atoms with Gasteiger partial charge < -0.3 is 0 Å². The molecule has 0 rings (SSSR count). The van der Waals surface area contributed by atoms with Crippen LogP contribution in [0, 0.1) is 11.8 Å². The summed E-state index contributed by atoms with van der Waals surface area (Å²) in [4.78, 5) is 0. The molecule has 1 atom stereocenters. The Hall–Kier alpha value is -0.520. The van der Waals surface area contributed by atoms with Gasteiger partial charge in [0.1, 0.15) is 0 Å². The average Bonchev–Trinajstić information content (AvgIpc) is 2.10. The van der Waals surface area contributed by atoms with Crippen LogP contribution < -0.4 is 0 Å². The van der Waals surface area contributed by atoms with E-state index in [1.165, 1.54) is 12.8 Å². The first-order valence-electron chi connectivity index (χ1n) is 5.50. The molecule has 0 aliphatic carbocycles. The maximum absolute atomic E-state index is 2.34. The molecular weight excluding hydrogens is 156 g/mol. The van der Waals surface area contributed by atoms with E-state index in [4.69, 9.17) is 0 Å². The van der Waals surface area contributed by atoms with Gasteiger partial charge in [0.25, 0.3) is 0 Å². The first kappa shape index (κ1) is 12.5. The molecule has 0 aromatic rings. The lowest BCUT2D eigenvalue weighted by atomic mass is 9.97. The van der Waals surface area contributed by atoms with E-state index in [1.807, 2.05) is 0 Å². The highest BCUT2D eigenvalue weighted by atomic mass is 14.1. The SMILES string of the molecule is CCC=CCCC=CC(C)C(C)C. The predicted molar refractivity (Wildman–Crippen MR) is 61.8 cm³/mol. The fourth-order valence-electron chi connectivity index (χ4n) is 1.01. The second-order valence-corrected chi connectivity index (χ2v) is 3.99. The number of hydrogen-bond acceptors (Lipinski definition) is 0. The Morgan fingerprint density at radius 1 is 0.923 bits per heavy atom. The van der Waals surface area contributed by atoms with Crippen molar-refractivity contribution in [2.24, 2.45) is 11.8 Å². The highest BCUT2D eigenvalue weighted by Gasteiger charge is 2.00. The lowest BCUT2D eigenvalue weighted by Gasteiger charge is -2.09. The smallest absolute Gasteiger partial charge is 0.0239 e. The third-order valence-corrected chi connectivity index (χ3v) is 2.39. The third kappa shape index (κ3) is 7.83. The van der Waals surface area contributed by atoms with Crippen molar-refractivity contribution in [1.29, 1.82) is 0 Å². The second-order valence-electron chi connectivity index (χ2n) is 3.99. The van der Waals surface area contributed by atoms with E-state index in [1.54, 1.807) is 0 Å². The molecule has 0 fully saturated rings. The van der Waals surface area contributed by atoms with Gasteiger partial charge in [-0.15, -0.1) is 0 Å². The molecule has 0 bridgehead atoms. The van der Waals surface area contributed by atoms with Crippen LogP contribution >= 0.6 is 0 Å². The summed E-state index contributed by atoms with van der Waals surface area (Å²) in [5.74, 6) is 1.48. The quantitative estimate of drug-likeness (QED) is 0.414. The van der Waals surface area contributed by atoms with E-state index in [-0.39, 0.29) is 0 Å². The van der Waals surface area contributed by atoms with Gasteiger partial charge in [0.15, 0.2) is 0 Å². The molecule has 0 nitrogen and oxygen atoms in total. The van der Waals surface area contributed by atoms with Gasteiger partial charge in [-0.2, -0.15) is 0 Å². The maximum Gasteiger partial charge on any atom is -0.0239 e. The van der Waals surface area contributed by atoms with Crippen molar-refractivity contribution in [3.8, 4) is 0 Å². The highest BCUT2D eigenvalue weighted by molar-refractivity contribution is 4.90. The fourth-order valence-corrected chi connectivity index (χ4v) is 1.01. The summed E-state index contributed by atoms with van der Waals surface area (Å²) in [6.07, 6.45) is 12.7. The molecule has 0 aliphatic heterocycles. The molecule has 0 amide bonds. The minimum Gasteiger partial charge on any atom is -0.0888 e. The van der Waals surface area contributed by atoms with Crippen molar-refractivity contribution >= 4 is 0 Å². The lowest BCUT2D eigenvalue weighted by molar-refractivity contribution is 0.503. The molecule has 0 aliphatic rings. The molecule has 0 heteroatoms. The molecule has 0 heterocycles. The molecule has 13 heavy (non-hydrogen) atoms. The number of rotatable bonds is 6. The van der Waals surface area contributed by atoms with Gasteiger partial charge in [-0.1, -0.05) is 52.0 Å². The Balaban J connectivity index is 3.46. The summed E-state index contributed by atoms with van der Waals surface area (Å²) >= 11 is 0. The van der Waals surface area contributed by atoms with Gasteiger partial charge in [0, 0.05) is 0 Å². The second kappa shape index (κ2) is 8.10. The molecule has 0 saturated carbocycles. The maximum atomic E-state index is 2.34.